The Kier molecular flexibility index (Phi) is 3.31. The van der Waals surface area contributed by atoms with Gasteiger partial charge in [0, 0.05) is 18.6 Å². The molecule has 0 bridgehead atoms. The maximum Gasteiger partial charge on any atom is 0.145 e. The summed E-state index contributed by atoms with van der Waals surface area (Å²) in [6.07, 6.45) is 5.01. The van der Waals surface area contributed by atoms with Gasteiger partial charge in [0.2, 0.25) is 0 Å². The van der Waals surface area contributed by atoms with Gasteiger partial charge in [-0.05, 0) is 13.0 Å². The average Bonchev–Trinajstić information content (AvgIpc) is 2.75. The van der Waals surface area contributed by atoms with E-state index in [0.717, 1.165) is 5.82 Å². The third-order valence-electron chi connectivity index (χ3n) is 2.09. The highest BCUT2D eigenvalue weighted by atomic mass is 35.5. The van der Waals surface area contributed by atoms with Crippen LogP contribution in [0.2, 0.25) is 10.0 Å². The Hall–Kier alpha value is -1.26. The zero-order valence-electron chi connectivity index (χ0n) is 8.54. The van der Waals surface area contributed by atoms with Gasteiger partial charge in [-0.3, -0.25) is 0 Å². The minimum Gasteiger partial charge on any atom is -0.359 e. The molecule has 0 aromatic carbocycles. The van der Waals surface area contributed by atoms with Gasteiger partial charge in [-0.2, -0.15) is 0 Å². The maximum atomic E-state index is 5.99. The summed E-state index contributed by atoms with van der Waals surface area (Å²) in [5, 5.41) is 4.15. The normalized spacial score (nSPS) is 12.4. The van der Waals surface area contributed by atoms with E-state index in [1.807, 2.05) is 6.92 Å². The summed E-state index contributed by atoms with van der Waals surface area (Å²) < 4.78 is 0. The minimum atomic E-state index is 0.00109. The molecule has 0 radical (unpaired) electrons. The number of nitrogens with one attached hydrogen (secondary N) is 2. The van der Waals surface area contributed by atoms with Crippen LogP contribution in [0.15, 0.2) is 24.7 Å². The first kappa shape index (κ1) is 11.2. The maximum absolute atomic E-state index is 5.99. The molecule has 0 saturated carbocycles. The standard InChI is InChI=1S/C10H10Cl2N4/c1-6(9-13-2-3-14-9)16-10-8(12)4-7(11)5-15-10/h2-6H,1H3,(H,13,14)(H,15,16). The molecule has 84 valence electrons. The zero-order valence-corrected chi connectivity index (χ0v) is 10.0. The summed E-state index contributed by atoms with van der Waals surface area (Å²) >= 11 is 11.8. The molecule has 0 aliphatic rings. The number of anilines is 1. The summed E-state index contributed by atoms with van der Waals surface area (Å²) in [6.45, 7) is 1.96. The first-order valence-electron chi connectivity index (χ1n) is 4.73. The van der Waals surface area contributed by atoms with Crippen molar-refractivity contribution in [3.63, 3.8) is 0 Å². The Balaban J connectivity index is 2.15. The molecule has 0 amide bonds. The number of aromatic nitrogens is 3. The summed E-state index contributed by atoms with van der Waals surface area (Å²) in [6, 6.07) is 1.65. The number of H-pyrrole nitrogens is 1. The van der Waals surface area contributed by atoms with E-state index in [-0.39, 0.29) is 6.04 Å². The van der Waals surface area contributed by atoms with E-state index in [9.17, 15) is 0 Å². The Labute approximate surface area is 103 Å². The van der Waals surface area contributed by atoms with Crippen LogP contribution >= 0.6 is 23.2 Å². The van der Waals surface area contributed by atoms with Gasteiger partial charge in [-0.15, -0.1) is 0 Å². The highest BCUT2D eigenvalue weighted by molar-refractivity contribution is 6.35. The Bertz CT molecular complexity index is 470. The third kappa shape index (κ3) is 2.46. The fourth-order valence-electron chi connectivity index (χ4n) is 1.31. The lowest BCUT2D eigenvalue weighted by molar-refractivity contribution is 0.804. The molecule has 16 heavy (non-hydrogen) atoms. The molecule has 2 aromatic heterocycles. The van der Waals surface area contributed by atoms with Crippen LogP contribution in [0, 0.1) is 0 Å². The summed E-state index contributed by atoms with van der Waals surface area (Å²) in [7, 11) is 0. The van der Waals surface area contributed by atoms with Gasteiger partial charge in [0.15, 0.2) is 0 Å². The Morgan fingerprint density at radius 2 is 2.19 bits per heavy atom. The molecule has 1 atom stereocenters. The number of rotatable bonds is 3. The van der Waals surface area contributed by atoms with Crippen LogP contribution < -0.4 is 5.32 Å². The van der Waals surface area contributed by atoms with Gasteiger partial charge in [-0.1, -0.05) is 23.2 Å². The minimum absolute atomic E-state index is 0.00109. The molecule has 6 heteroatoms. The Morgan fingerprint density at radius 1 is 1.38 bits per heavy atom. The van der Waals surface area contributed by atoms with Crippen molar-refractivity contribution < 1.29 is 0 Å². The lowest BCUT2D eigenvalue weighted by atomic mass is 10.3. The highest BCUT2D eigenvalue weighted by Crippen LogP contribution is 2.25. The molecular formula is C10H10Cl2N4. The van der Waals surface area contributed by atoms with E-state index in [1.54, 1.807) is 24.7 Å². The van der Waals surface area contributed by atoms with Crippen LogP contribution in [0.1, 0.15) is 18.8 Å². The smallest absolute Gasteiger partial charge is 0.145 e. The monoisotopic (exact) mass is 256 g/mol. The fraction of sp³-hybridized carbons (Fsp3) is 0.200. The molecular weight excluding hydrogens is 247 g/mol. The first-order valence-corrected chi connectivity index (χ1v) is 5.49. The van der Waals surface area contributed by atoms with Crippen molar-refractivity contribution in [1.29, 1.82) is 0 Å². The van der Waals surface area contributed by atoms with Crippen molar-refractivity contribution in [2.24, 2.45) is 0 Å². The second kappa shape index (κ2) is 4.72. The molecule has 2 heterocycles. The van der Waals surface area contributed by atoms with Crippen molar-refractivity contribution in [2.75, 3.05) is 5.32 Å². The van der Waals surface area contributed by atoms with Crippen LogP contribution in [0.25, 0.3) is 0 Å². The predicted molar refractivity (Wildman–Crippen MR) is 64.9 cm³/mol. The van der Waals surface area contributed by atoms with Crippen molar-refractivity contribution in [1.82, 2.24) is 15.0 Å². The van der Waals surface area contributed by atoms with Crippen molar-refractivity contribution in [2.45, 2.75) is 13.0 Å². The summed E-state index contributed by atoms with van der Waals surface area (Å²) in [4.78, 5) is 11.3. The van der Waals surface area contributed by atoms with E-state index >= 15 is 0 Å². The molecule has 1 unspecified atom stereocenters. The number of hydrogen-bond acceptors (Lipinski definition) is 3. The van der Waals surface area contributed by atoms with Crippen LogP contribution in [-0.2, 0) is 0 Å². The molecule has 0 saturated heterocycles. The van der Waals surface area contributed by atoms with E-state index in [1.165, 1.54) is 0 Å². The van der Waals surface area contributed by atoms with Crippen LogP contribution in [0.5, 0.6) is 0 Å². The van der Waals surface area contributed by atoms with Crippen molar-refractivity contribution in [3.8, 4) is 0 Å². The van der Waals surface area contributed by atoms with Gasteiger partial charge in [0.05, 0.1) is 16.1 Å². The van der Waals surface area contributed by atoms with Crippen LogP contribution in [0.3, 0.4) is 0 Å². The molecule has 0 aliphatic carbocycles. The van der Waals surface area contributed by atoms with Crippen molar-refractivity contribution >= 4 is 29.0 Å². The van der Waals surface area contributed by atoms with E-state index < -0.39 is 0 Å². The number of imidazole rings is 1. The Morgan fingerprint density at radius 3 is 2.81 bits per heavy atom. The van der Waals surface area contributed by atoms with Gasteiger partial charge in [-0.25, -0.2) is 9.97 Å². The van der Waals surface area contributed by atoms with Crippen molar-refractivity contribution in [3.05, 3.63) is 40.5 Å². The number of halogens is 2. The van der Waals surface area contributed by atoms with Gasteiger partial charge in [0.25, 0.3) is 0 Å². The van der Waals surface area contributed by atoms with Gasteiger partial charge >= 0.3 is 0 Å². The largest absolute Gasteiger partial charge is 0.359 e. The molecule has 2 aromatic rings. The quantitative estimate of drug-likeness (QED) is 0.887. The lowest BCUT2D eigenvalue weighted by Crippen LogP contribution is -2.09. The number of pyridine rings is 1. The number of aromatic amines is 1. The van der Waals surface area contributed by atoms with E-state index in [0.29, 0.717) is 15.9 Å². The van der Waals surface area contributed by atoms with Crippen LogP contribution in [0.4, 0.5) is 5.82 Å². The zero-order chi connectivity index (χ0) is 11.5. The molecule has 0 fully saturated rings. The second-order valence-electron chi connectivity index (χ2n) is 3.32. The highest BCUT2D eigenvalue weighted by Gasteiger charge is 2.10. The molecule has 2 N–H and O–H groups in total. The first-order chi connectivity index (χ1) is 7.66. The molecule has 4 nitrogen and oxygen atoms in total. The molecule has 0 aliphatic heterocycles. The van der Waals surface area contributed by atoms with Gasteiger partial charge in [0.1, 0.15) is 11.6 Å². The third-order valence-corrected chi connectivity index (χ3v) is 2.59. The van der Waals surface area contributed by atoms with E-state index in [4.69, 9.17) is 23.2 Å². The molecule has 2 rings (SSSR count). The lowest BCUT2D eigenvalue weighted by Gasteiger charge is -2.13. The SMILES string of the molecule is CC(Nc1ncc(Cl)cc1Cl)c1ncc[nH]1. The summed E-state index contributed by atoms with van der Waals surface area (Å²) in [5.74, 6) is 1.42. The molecule has 0 spiro atoms. The fourth-order valence-corrected chi connectivity index (χ4v) is 1.74. The topological polar surface area (TPSA) is 53.6 Å². The summed E-state index contributed by atoms with van der Waals surface area (Å²) in [5.41, 5.74) is 0. The van der Waals surface area contributed by atoms with Gasteiger partial charge < -0.3 is 10.3 Å². The average molecular weight is 257 g/mol. The van der Waals surface area contributed by atoms with E-state index in [2.05, 4.69) is 20.3 Å². The second-order valence-corrected chi connectivity index (χ2v) is 4.17. The van der Waals surface area contributed by atoms with Crippen LogP contribution in [-0.4, -0.2) is 15.0 Å². The predicted octanol–water partition coefficient (Wildman–Crippen LogP) is 3.28. The number of hydrogen-bond donors (Lipinski definition) is 2. The number of nitrogens with zero attached hydrogens (tertiary/aromatic N) is 2.